The summed E-state index contributed by atoms with van der Waals surface area (Å²) in [5, 5.41) is -0.476. The predicted molar refractivity (Wildman–Crippen MR) is 60.5 cm³/mol. The van der Waals surface area contributed by atoms with Crippen molar-refractivity contribution >= 4 is 42.3 Å². The van der Waals surface area contributed by atoms with E-state index in [1.54, 1.807) is 0 Å². The van der Waals surface area contributed by atoms with Gasteiger partial charge in [0, 0.05) is 16.7 Å². The third-order valence-electron chi connectivity index (χ3n) is 2.05. The molecule has 0 aliphatic heterocycles. The standard InChI is InChI=1S/C9H3Cl2FO4S/c10-5-2-7-4(1-6(5)12)9(13)8(3-16-7)17(11,14)15/h1-3H. The van der Waals surface area contributed by atoms with Crippen LogP contribution in [0.5, 0.6) is 0 Å². The number of hydrogen-bond donors (Lipinski definition) is 0. The van der Waals surface area contributed by atoms with Crippen LogP contribution in [0.4, 0.5) is 4.39 Å². The van der Waals surface area contributed by atoms with E-state index in [0.29, 0.717) is 6.26 Å². The number of fused-ring (bicyclic) bond motifs is 1. The molecule has 0 N–H and O–H groups in total. The summed E-state index contributed by atoms with van der Waals surface area (Å²) in [4.78, 5) is 11.0. The van der Waals surface area contributed by atoms with Crippen LogP contribution in [0.1, 0.15) is 0 Å². The van der Waals surface area contributed by atoms with Gasteiger partial charge in [-0.2, -0.15) is 0 Å². The van der Waals surface area contributed by atoms with E-state index in [1.165, 1.54) is 0 Å². The molecule has 0 bridgehead atoms. The van der Waals surface area contributed by atoms with Crippen molar-refractivity contribution in [2.24, 2.45) is 0 Å². The van der Waals surface area contributed by atoms with Crippen molar-refractivity contribution in [2.75, 3.05) is 0 Å². The second kappa shape index (κ2) is 3.97. The Kier molecular flexibility index (Phi) is 2.89. The molecule has 1 heterocycles. The van der Waals surface area contributed by atoms with Gasteiger partial charge < -0.3 is 4.42 Å². The fourth-order valence-electron chi connectivity index (χ4n) is 1.27. The van der Waals surface area contributed by atoms with Crippen LogP contribution in [0, 0.1) is 5.82 Å². The smallest absolute Gasteiger partial charge is 0.268 e. The largest absolute Gasteiger partial charge is 0.463 e. The first kappa shape index (κ1) is 12.3. The predicted octanol–water partition coefficient (Wildman–Crippen LogP) is 2.51. The number of benzene rings is 1. The van der Waals surface area contributed by atoms with Crippen LogP contribution in [0.15, 0.2) is 32.5 Å². The maximum absolute atomic E-state index is 13.2. The van der Waals surface area contributed by atoms with Gasteiger partial charge in [0.2, 0.25) is 5.43 Å². The molecule has 2 aromatic rings. The fourth-order valence-corrected chi connectivity index (χ4v) is 2.24. The highest BCUT2D eigenvalue weighted by Gasteiger charge is 2.19. The highest BCUT2D eigenvalue weighted by Crippen LogP contribution is 2.22. The fraction of sp³-hybridized carbons (Fsp3) is 0. The SMILES string of the molecule is O=c1c(S(=O)(=O)Cl)coc2cc(Cl)c(F)cc12. The third-order valence-corrected chi connectivity index (χ3v) is 3.64. The normalized spacial score (nSPS) is 11.9. The first-order valence-electron chi connectivity index (χ1n) is 4.16. The molecule has 1 aromatic heterocycles. The lowest BCUT2D eigenvalue weighted by Gasteiger charge is -2.00. The van der Waals surface area contributed by atoms with E-state index in [4.69, 9.17) is 26.7 Å². The van der Waals surface area contributed by atoms with Crippen molar-refractivity contribution in [3.63, 3.8) is 0 Å². The first-order chi connectivity index (χ1) is 7.80. The molecule has 90 valence electrons. The van der Waals surface area contributed by atoms with Crippen LogP contribution in [0.2, 0.25) is 5.02 Å². The zero-order valence-corrected chi connectivity index (χ0v) is 10.2. The van der Waals surface area contributed by atoms with Gasteiger partial charge in [0.1, 0.15) is 17.7 Å². The van der Waals surface area contributed by atoms with Gasteiger partial charge in [-0.05, 0) is 6.07 Å². The van der Waals surface area contributed by atoms with Gasteiger partial charge in [-0.3, -0.25) is 4.79 Å². The van der Waals surface area contributed by atoms with E-state index in [9.17, 15) is 17.6 Å². The van der Waals surface area contributed by atoms with E-state index in [0.717, 1.165) is 12.1 Å². The molecule has 0 atom stereocenters. The maximum Gasteiger partial charge on any atom is 0.268 e. The molecule has 8 heteroatoms. The quantitative estimate of drug-likeness (QED) is 0.759. The van der Waals surface area contributed by atoms with Gasteiger partial charge in [0.15, 0.2) is 4.90 Å². The molecule has 17 heavy (non-hydrogen) atoms. The van der Waals surface area contributed by atoms with Crippen LogP contribution in [-0.4, -0.2) is 8.42 Å². The third kappa shape index (κ3) is 2.15. The van der Waals surface area contributed by atoms with E-state index in [2.05, 4.69) is 0 Å². The molecule has 1 aromatic carbocycles. The summed E-state index contributed by atoms with van der Waals surface area (Å²) in [6.45, 7) is 0. The zero-order valence-electron chi connectivity index (χ0n) is 7.91. The molecule has 2 rings (SSSR count). The summed E-state index contributed by atoms with van der Waals surface area (Å²) in [5.74, 6) is -0.851. The highest BCUT2D eigenvalue weighted by atomic mass is 35.7. The van der Waals surface area contributed by atoms with Crippen molar-refractivity contribution in [1.29, 1.82) is 0 Å². The molecule has 4 nitrogen and oxygen atoms in total. The zero-order chi connectivity index (χ0) is 12.8. The Hall–Kier alpha value is -1.11. The maximum atomic E-state index is 13.2. The molecule has 0 saturated carbocycles. The number of hydrogen-bond acceptors (Lipinski definition) is 4. The van der Waals surface area contributed by atoms with E-state index < -0.39 is 25.2 Å². The van der Waals surface area contributed by atoms with E-state index in [1.807, 2.05) is 0 Å². The Bertz CT molecular complexity index is 766. The van der Waals surface area contributed by atoms with Gasteiger partial charge in [-0.1, -0.05) is 11.6 Å². The van der Waals surface area contributed by atoms with Crippen LogP contribution in [-0.2, 0) is 9.05 Å². The summed E-state index contributed by atoms with van der Waals surface area (Å²) in [6, 6.07) is 1.88. The minimum Gasteiger partial charge on any atom is -0.463 e. The number of halogens is 3. The van der Waals surface area contributed by atoms with Gasteiger partial charge >= 0.3 is 0 Å². The molecule has 0 aliphatic rings. The Morgan fingerprint density at radius 2 is 1.94 bits per heavy atom. The Morgan fingerprint density at radius 3 is 2.53 bits per heavy atom. The van der Waals surface area contributed by atoms with Crippen LogP contribution in [0.25, 0.3) is 11.0 Å². The van der Waals surface area contributed by atoms with Crippen LogP contribution < -0.4 is 5.43 Å². The van der Waals surface area contributed by atoms with Crippen LogP contribution >= 0.6 is 22.3 Å². The molecule has 0 aliphatic carbocycles. The van der Waals surface area contributed by atoms with Crippen molar-refractivity contribution in [1.82, 2.24) is 0 Å². The summed E-state index contributed by atoms with van der Waals surface area (Å²) in [7, 11) is 0.790. The average Bonchev–Trinajstić information content (AvgIpc) is 2.19. The Morgan fingerprint density at radius 1 is 1.29 bits per heavy atom. The topological polar surface area (TPSA) is 64.3 Å². The highest BCUT2D eigenvalue weighted by molar-refractivity contribution is 8.13. The van der Waals surface area contributed by atoms with Crippen molar-refractivity contribution in [3.8, 4) is 0 Å². The molecule has 0 amide bonds. The first-order valence-corrected chi connectivity index (χ1v) is 6.84. The number of rotatable bonds is 1. The molecule has 0 spiro atoms. The van der Waals surface area contributed by atoms with Crippen molar-refractivity contribution < 1.29 is 17.2 Å². The van der Waals surface area contributed by atoms with E-state index >= 15 is 0 Å². The van der Waals surface area contributed by atoms with Crippen molar-refractivity contribution in [3.05, 3.63) is 39.5 Å². The summed E-state index contributed by atoms with van der Waals surface area (Å²) >= 11 is 5.49. The minimum absolute atomic E-state index is 0.0227. The Balaban J connectivity index is 2.95. The summed E-state index contributed by atoms with van der Waals surface area (Å²) in [6.07, 6.45) is 0.696. The molecule has 0 radical (unpaired) electrons. The lowest BCUT2D eigenvalue weighted by molar-refractivity contribution is 0.570. The summed E-state index contributed by atoms with van der Waals surface area (Å²) < 4.78 is 40.1. The van der Waals surface area contributed by atoms with Gasteiger partial charge in [-0.25, -0.2) is 12.8 Å². The Labute approximate surface area is 104 Å². The van der Waals surface area contributed by atoms with Crippen molar-refractivity contribution in [2.45, 2.75) is 4.90 Å². The average molecular weight is 297 g/mol. The monoisotopic (exact) mass is 296 g/mol. The second-order valence-corrected chi connectivity index (χ2v) is 6.07. The second-order valence-electron chi connectivity index (χ2n) is 3.13. The van der Waals surface area contributed by atoms with Gasteiger partial charge in [0.25, 0.3) is 9.05 Å². The van der Waals surface area contributed by atoms with Gasteiger partial charge in [-0.15, -0.1) is 0 Å². The lowest BCUT2D eigenvalue weighted by atomic mass is 10.2. The molecule has 0 unspecified atom stereocenters. The molecule has 0 saturated heterocycles. The lowest BCUT2D eigenvalue weighted by Crippen LogP contribution is -2.11. The molecule has 0 fully saturated rings. The van der Waals surface area contributed by atoms with Crippen LogP contribution in [0.3, 0.4) is 0 Å². The molecular weight excluding hydrogens is 294 g/mol. The molecular formula is C9H3Cl2FO4S. The minimum atomic E-state index is -4.24. The van der Waals surface area contributed by atoms with E-state index in [-0.39, 0.29) is 16.0 Å². The van der Waals surface area contributed by atoms with Gasteiger partial charge in [0.05, 0.1) is 10.4 Å². The summed E-state index contributed by atoms with van der Waals surface area (Å²) in [5.41, 5.74) is -0.956.